The maximum atomic E-state index is 12.2. The zero-order valence-electron chi connectivity index (χ0n) is 12.7. The van der Waals surface area contributed by atoms with E-state index in [0.29, 0.717) is 12.2 Å². The van der Waals surface area contributed by atoms with Gasteiger partial charge in [-0.25, -0.2) is 9.80 Å². The number of nitrogens with one attached hydrogen (secondary N) is 1. The third-order valence-corrected chi connectivity index (χ3v) is 3.36. The summed E-state index contributed by atoms with van der Waals surface area (Å²) < 4.78 is 6.95. The van der Waals surface area contributed by atoms with Crippen molar-refractivity contribution in [1.29, 1.82) is 0 Å². The lowest BCUT2D eigenvalue weighted by molar-refractivity contribution is -0.0270. The van der Waals surface area contributed by atoms with Crippen molar-refractivity contribution >= 4 is 5.82 Å². The number of hydrogen-bond donors (Lipinski definition) is 2. The van der Waals surface area contributed by atoms with E-state index in [9.17, 15) is 9.90 Å². The monoisotopic (exact) mass is 309 g/mol. The molecule has 1 fully saturated rings. The Kier molecular flexibility index (Phi) is 4.99. The molecule has 1 aliphatic heterocycles. The highest BCUT2D eigenvalue weighted by Gasteiger charge is 2.35. The second kappa shape index (κ2) is 6.75. The average molecular weight is 309 g/mol. The summed E-state index contributed by atoms with van der Waals surface area (Å²) in [7, 11) is 3.59. The largest absolute Gasteiger partial charge is 0.394 e. The van der Waals surface area contributed by atoms with Crippen molar-refractivity contribution in [2.24, 2.45) is 5.11 Å². The minimum absolute atomic E-state index is 0.276. The summed E-state index contributed by atoms with van der Waals surface area (Å²) in [6.45, 7) is 1.54. The van der Waals surface area contributed by atoms with Crippen molar-refractivity contribution in [3.8, 4) is 0 Å². The topological polar surface area (TPSA) is 128 Å². The predicted molar refractivity (Wildman–Crippen MR) is 79.1 cm³/mol. The molecule has 0 bridgehead atoms. The summed E-state index contributed by atoms with van der Waals surface area (Å²) in [5.74, 6) is 0.467. The first-order chi connectivity index (χ1) is 10.5. The summed E-state index contributed by atoms with van der Waals surface area (Å²) in [4.78, 5) is 18.9. The lowest BCUT2D eigenvalue weighted by atomic mass is 10.1. The molecule has 1 aromatic heterocycles. The number of ether oxygens (including phenoxy) is 1. The van der Waals surface area contributed by atoms with Crippen LogP contribution >= 0.6 is 0 Å². The molecular formula is C12H19N7O3. The molecule has 10 nitrogen and oxygen atoms in total. The lowest BCUT2D eigenvalue weighted by Crippen LogP contribution is -2.30. The van der Waals surface area contributed by atoms with Crippen molar-refractivity contribution < 1.29 is 9.84 Å². The highest BCUT2D eigenvalue weighted by atomic mass is 16.5. The van der Waals surface area contributed by atoms with Crippen LogP contribution in [0, 0.1) is 6.92 Å². The molecule has 2 rings (SSSR count). The van der Waals surface area contributed by atoms with Gasteiger partial charge in [-0.2, -0.15) is 4.98 Å². The zero-order chi connectivity index (χ0) is 16.3. The van der Waals surface area contributed by atoms with E-state index in [0.717, 1.165) is 5.56 Å². The molecule has 10 heteroatoms. The molecule has 0 aliphatic carbocycles. The van der Waals surface area contributed by atoms with E-state index in [1.807, 2.05) is 6.92 Å². The maximum absolute atomic E-state index is 12.2. The van der Waals surface area contributed by atoms with Crippen LogP contribution in [0.25, 0.3) is 10.4 Å². The highest BCUT2D eigenvalue weighted by Crippen LogP contribution is 2.30. The summed E-state index contributed by atoms with van der Waals surface area (Å²) in [6, 6.07) is -0.508. The van der Waals surface area contributed by atoms with Crippen molar-refractivity contribution in [3.63, 3.8) is 0 Å². The van der Waals surface area contributed by atoms with Crippen LogP contribution < -0.4 is 11.1 Å². The van der Waals surface area contributed by atoms with E-state index in [4.69, 9.17) is 10.3 Å². The second-order valence-electron chi connectivity index (χ2n) is 5.29. The molecule has 0 saturated carbocycles. The van der Waals surface area contributed by atoms with Crippen molar-refractivity contribution in [1.82, 2.24) is 14.6 Å². The van der Waals surface area contributed by atoms with E-state index in [1.165, 1.54) is 4.57 Å². The minimum atomic E-state index is -0.618. The maximum Gasteiger partial charge on any atom is 0.351 e. The molecular weight excluding hydrogens is 290 g/mol. The molecule has 1 saturated heterocycles. The smallest absolute Gasteiger partial charge is 0.351 e. The Hall–Kier alpha value is -2.13. The fraction of sp³-hybridized carbons (Fsp3) is 0.667. The van der Waals surface area contributed by atoms with E-state index < -0.39 is 24.1 Å². The molecule has 0 spiro atoms. The minimum Gasteiger partial charge on any atom is -0.394 e. The van der Waals surface area contributed by atoms with Crippen molar-refractivity contribution in [2.75, 3.05) is 26.1 Å². The predicted octanol–water partition coefficient (Wildman–Crippen LogP) is 0.399. The van der Waals surface area contributed by atoms with Crippen LogP contribution in [0.3, 0.4) is 0 Å². The molecule has 2 N–H and O–H groups in total. The van der Waals surface area contributed by atoms with E-state index in [1.54, 1.807) is 25.3 Å². The summed E-state index contributed by atoms with van der Waals surface area (Å²) in [5.41, 5.74) is 11.8. The molecule has 2 heterocycles. The first-order valence-electron chi connectivity index (χ1n) is 6.80. The Balaban J connectivity index is 2.28. The van der Waals surface area contributed by atoms with Gasteiger partial charge in [-0.15, -0.1) is 0 Å². The molecule has 22 heavy (non-hydrogen) atoms. The van der Waals surface area contributed by atoms with Gasteiger partial charge in [0, 0.05) is 37.2 Å². The fourth-order valence-corrected chi connectivity index (χ4v) is 2.34. The zero-order valence-corrected chi connectivity index (χ0v) is 12.7. The first kappa shape index (κ1) is 16.2. The Morgan fingerprint density at radius 3 is 3.00 bits per heavy atom. The number of nitrogens with zero attached hydrogens (tertiary/aromatic N) is 6. The average Bonchev–Trinajstić information content (AvgIpc) is 2.85. The number of aromatic nitrogens is 2. The van der Waals surface area contributed by atoms with Gasteiger partial charge in [0.1, 0.15) is 6.23 Å². The number of aryl methyl sites for hydroxylation is 1. The number of aliphatic hydroxyl groups is 1. The van der Waals surface area contributed by atoms with Gasteiger partial charge in [-0.3, -0.25) is 4.57 Å². The molecule has 0 amide bonds. The summed E-state index contributed by atoms with van der Waals surface area (Å²) in [5, 5.41) is 14.6. The Bertz CT molecular complexity index is 638. The normalized spacial score (nSPS) is 24.3. The van der Waals surface area contributed by atoms with Gasteiger partial charge >= 0.3 is 5.69 Å². The van der Waals surface area contributed by atoms with Crippen molar-refractivity contribution in [3.05, 3.63) is 32.7 Å². The fourth-order valence-electron chi connectivity index (χ4n) is 2.34. The Morgan fingerprint density at radius 1 is 1.68 bits per heavy atom. The Morgan fingerprint density at radius 2 is 2.41 bits per heavy atom. The molecule has 0 unspecified atom stereocenters. The number of rotatable bonds is 5. The third kappa shape index (κ3) is 3.37. The Labute approximate surface area is 126 Å². The van der Waals surface area contributed by atoms with Crippen LogP contribution in [-0.4, -0.2) is 52.5 Å². The van der Waals surface area contributed by atoms with Crippen LogP contribution in [0.15, 0.2) is 16.1 Å². The van der Waals surface area contributed by atoms with Crippen LogP contribution in [-0.2, 0) is 4.74 Å². The van der Waals surface area contributed by atoms with Gasteiger partial charge in [0.15, 0.2) is 5.82 Å². The number of aliphatic hydroxyl groups excluding tert-OH is 1. The van der Waals surface area contributed by atoms with Crippen molar-refractivity contribution in [2.45, 2.75) is 31.7 Å². The van der Waals surface area contributed by atoms with Gasteiger partial charge in [0.05, 0.1) is 18.8 Å². The molecule has 1 aliphatic rings. The number of anilines is 1. The molecule has 3 atom stereocenters. The molecule has 1 aromatic rings. The quantitative estimate of drug-likeness (QED) is 0.350. The van der Waals surface area contributed by atoms with Gasteiger partial charge in [-0.1, -0.05) is 5.11 Å². The summed E-state index contributed by atoms with van der Waals surface area (Å²) in [6.07, 6.45) is 0.725. The molecule has 0 aromatic carbocycles. The van der Waals surface area contributed by atoms with Gasteiger partial charge < -0.3 is 15.3 Å². The van der Waals surface area contributed by atoms with Gasteiger partial charge in [-0.05, 0) is 12.5 Å². The van der Waals surface area contributed by atoms with E-state index >= 15 is 0 Å². The summed E-state index contributed by atoms with van der Waals surface area (Å²) >= 11 is 0. The number of hydrogen-bond acceptors (Lipinski definition) is 7. The second-order valence-corrected chi connectivity index (χ2v) is 5.29. The van der Waals surface area contributed by atoms with Gasteiger partial charge in [0.25, 0.3) is 0 Å². The van der Waals surface area contributed by atoms with Gasteiger partial charge in [0.2, 0.25) is 0 Å². The van der Waals surface area contributed by atoms with Crippen LogP contribution in [0.1, 0.15) is 18.2 Å². The standard InChI is InChI=1S/C12H19N7O3/c1-7-5-19(12(21)14-11(7)16-18(2)3)10-4-8(15-17-13)9(6-20)22-10/h5,8-10,20H,4,6H2,1-3H3,(H,14,16,21)/t8-,9+,10+/m0/s1. The molecule has 120 valence electrons. The molecule has 0 radical (unpaired) electrons. The number of azide groups is 1. The van der Waals surface area contributed by atoms with Crippen LogP contribution in [0.5, 0.6) is 0 Å². The first-order valence-corrected chi connectivity index (χ1v) is 6.80. The lowest BCUT2D eigenvalue weighted by Gasteiger charge is -2.18. The van der Waals surface area contributed by atoms with Crippen LogP contribution in [0.4, 0.5) is 5.82 Å². The van der Waals surface area contributed by atoms with E-state index in [-0.39, 0.29) is 6.61 Å². The van der Waals surface area contributed by atoms with E-state index in [2.05, 4.69) is 20.4 Å². The SMILES string of the molecule is Cc1cn([C@H]2C[C@H](N=[N+]=[N-])[C@@H](CO)O2)c(=O)nc1NN(C)C. The third-order valence-electron chi connectivity index (χ3n) is 3.36. The number of hydrazine groups is 1. The van der Waals surface area contributed by atoms with Crippen LogP contribution in [0.2, 0.25) is 0 Å². The highest BCUT2D eigenvalue weighted by molar-refractivity contribution is 5.40.